The maximum absolute atomic E-state index is 11.1. The Morgan fingerprint density at radius 3 is 3.33 bits per heavy atom. The molecule has 4 heteroatoms. The average Bonchev–Trinajstić information content (AvgIpc) is 2.07. The summed E-state index contributed by atoms with van der Waals surface area (Å²) >= 11 is 0. The van der Waals surface area contributed by atoms with Gasteiger partial charge in [0, 0.05) is 6.20 Å². The molecule has 0 fully saturated rings. The van der Waals surface area contributed by atoms with Crippen molar-refractivity contribution in [3.8, 4) is 5.88 Å². The van der Waals surface area contributed by atoms with E-state index in [4.69, 9.17) is 4.74 Å². The highest BCUT2D eigenvalue weighted by atomic mass is 16.5. The molecule has 1 aliphatic heterocycles. The fraction of sp³-hybridized carbons (Fsp3) is 0.250. The molecule has 2 heterocycles. The first-order valence-corrected chi connectivity index (χ1v) is 3.70. The molecule has 1 atom stereocenters. The highest BCUT2D eigenvalue weighted by Crippen LogP contribution is 2.25. The lowest BCUT2D eigenvalue weighted by molar-refractivity contribution is -0.122. The standard InChI is InChI=1S/C8H8N2O2/c1-5-7(11)10-6-3-2-4-9-8(6)12-5/h2-5H,1H3,(H,10,11)/t5-/m0/s1. The Kier molecular flexibility index (Phi) is 1.46. The van der Waals surface area contributed by atoms with E-state index >= 15 is 0 Å². The molecule has 0 radical (unpaired) electrons. The number of nitrogens with one attached hydrogen (secondary N) is 1. The van der Waals surface area contributed by atoms with Crippen LogP contribution in [0.2, 0.25) is 0 Å². The number of hydrogen-bond donors (Lipinski definition) is 1. The topological polar surface area (TPSA) is 51.2 Å². The second kappa shape index (κ2) is 2.48. The van der Waals surface area contributed by atoms with Crippen molar-refractivity contribution in [2.75, 3.05) is 5.32 Å². The van der Waals surface area contributed by atoms with Crippen LogP contribution in [0.3, 0.4) is 0 Å². The number of pyridine rings is 1. The summed E-state index contributed by atoms with van der Waals surface area (Å²) in [6.45, 7) is 1.69. The van der Waals surface area contributed by atoms with Gasteiger partial charge < -0.3 is 10.1 Å². The van der Waals surface area contributed by atoms with Crippen LogP contribution in [-0.2, 0) is 4.79 Å². The monoisotopic (exact) mass is 164 g/mol. The lowest BCUT2D eigenvalue weighted by Crippen LogP contribution is -2.34. The number of anilines is 1. The molecule has 1 aliphatic rings. The van der Waals surface area contributed by atoms with E-state index in [0.717, 1.165) is 0 Å². The van der Waals surface area contributed by atoms with E-state index < -0.39 is 6.10 Å². The lowest BCUT2D eigenvalue weighted by atomic mass is 10.3. The van der Waals surface area contributed by atoms with E-state index in [2.05, 4.69) is 10.3 Å². The maximum Gasteiger partial charge on any atom is 0.265 e. The van der Waals surface area contributed by atoms with Gasteiger partial charge in [-0.3, -0.25) is 4.79 Å². The van der Waals surface area contributed by atoms with Crippen LogP contribution in [0.5, 0.6) is 5.88 Å². The second-order valence-corrected chi connectivity index (χ2v) is 2.61. The van der Waals surface area contributed by atoms with Crippen molar-refractivity contribution in [2.24, 2.45) is 0 Å². The third-order valence-electron chi connectivity index (χ3n) is 1.69. The number of carbonyl (C=O) groups is 1. The molecule has 0 unspecified atom stereocenters. The number of hydrogen-bond acceptors (Lipinski definition) is 3. The van der Waals surface area contributed by atoms with E-state index in [1.54, 1.807) is 25.3 Å². The second-order valence-electron chi connectivity index (χ2n) is 2.61. The zero-order valence-corrected chi connectivity index (χ0v) is 6.57. The Morgan fingerprint density at radius 2 is 2.50 bits per heavy atom. The first-order chi connectivity index (χ1) is 5.77. The summed E-state index contributed by atoms with van der Waals surface area (Å²) in [5.74, 6) is 0.361. The molecule has 4 nitrogen and oxygen atoms in total. The van der Waals surface area contributed by atoms with Gasteiger partial charge >= 0.3 is 0 Å². The number of fused-ring (bicyclic) bond motifs is 1. The van der Waals surface area contributed by atoms with Crippen LogP contribution in [0.15, 0.2) is 18.3 Å². The summed E-state index contributed by atoms with van der Waals surface area (Å²) in [5, 5.41) is 2.68. The molecule has 1 aromatic heterocycles. The van der Waals surface area contributed by atoms with Crippen LogP contribution in [0, 0.1) is 0 Å². The van der Waals surface area contributed by atoms with Crippen LogP contribution in [-0.4, -0.2) is 17.0 Å². The summed E-state index contributed by atoms with van der Waals surface area (Å²) in [4.78, 5) is 15.1. The number of carbonyl (C=O) groups excluding carboxylic acids is 1. The van der Waals surface area contributed by atoms with Crippen LogP contribution in [0.25, 0.3) is 0 Å². The third-order valence-corrected chi connectivity index (χ3v) is 1.69. The zero-order chi connectivity index (χ0) is 8.55. The Morgan fingerprint density at radius 1 is 1.67 bits per heavy atom. The number of amides is 1. The third kappa shape index (κ3) is 1.01. The largest absolute Gasteiger partial charge is 0.463 e. The molecular weight excluding hydrogens is 156 g/mol. The van der Waals surface area contributed by atoms with E-state index in [-0.39, 0.29) is 5.91 Å². The van der Waals surface area contributed by atoms with Gasteiger partial charge in [-0.2, -0.15) is 0 Å². The molecule has 0 aliphatic carbocycles. The predicted molar refractivity (Wildman–Crippen MR) is 43.0 cm³/mol. The normalized spacial score (nSPS) is 20.8. The van der Waals surface area contributed by atoms with Gasteiger partial charge in [0.15, 0.2) is 6.10 Å². The SMILES string of the molecule is C[C@@H]1Oc2ncccc2NC1=O. The molecule has 0 aromatic carbocycles. The van der Waals surface area contributed by atoms with Gasteiger partial charge in [-0.15, -0.1) is 0 Å². The summed E-state index contributed by atoms with van der Waals surface area (Å²) in [5.41, 5.74) is 0.639. The van der Waals surface area contributed by atoms with Crippen molar-refractivity contribution in [3.63, 3.8) is 0 Å². The van der Waals surface area contributed by atoms with Gasteiger partial charge in [-0.1, -0.05) is 0 Å². The molecule has 12 heavy (non-hydrogen) atoms. The van der Waals surface area contributed by atoms with Gasteiger partial charge in [0.2, 0.25) is 5.88 Å². The first kappa shape index (κ1) is 7.09. The summed E-state index contributed by atoms with van der Waals surface area (Å²) in [6.07, 6.45) is 1.18. The smallest absolute Gasteiger partial charge is 0.265 e. The molecule has 1 N–H and O–H groups in total. The molecule has 1 aromatic rings. The zero-order valence-electron chi connectivity index (χ0n) is 6.57. The van der Waals surface area contributed by atoms with Crippen molar-refractivity contribution < 1.29 is 9.53 Å². The van der Waals surface area contributed by atoms with Crippen LogP contribution < -0.4 is 10.1 Å². The van der Waals surface area contributed by atoms with Crippen molar-refractivity contribution in [3.05, 3.63) is 18.3 Å². The van der Waals surface area contributed by atoms with Gasteiger partial charge in [-0.25, -0.2) is 4.98 Å². The molecule has 0 bridgehead atoms. The molecule has 2 rings (SSSR count). The molecule has 0 saturated carbocycles. The Balaban J connectivity index is 2.40. The minimum absolute atomic E-state index is 0.129. The van der Waals surface area contributed by atoms with Gasteiger partial charge in [0.1, 0.15) is 5.69 Å². The van der Waals surface area contributed by atoms with E-state index in [0.29, 0.717) is 11.6 Å². The fourth-order valence-electron chi connectivity index (χ4n) is 1.04. The van der Waals surface area contributed by atoms with E-state index in [9.17, 15) is 4.79 Å². The van der Waals surface area contributed by atoms with Crippen molar-refractivity contribution in [1.82, 2.24) is 4.98 Å². The number of ether oxygens (including phenoxy) is 1. The number of rotatable bonds is 0. The van der Waals surface area contributed by atoms with Crippen molar-refractivity contribution in [1.29, 1.82) is 0 Å². The van der Waals surface area contributed by atoms with Gasteiger partial charge in [0.25, 0.3) is 5.91 Å². The molecule has 0 saturated heterocycles. The first-order valence-electron chi connectivity index (χ1n) is 3.70. The molecule has 1 amide bonds. The number of aromatic nitrogens is 1. The molecular formula is C8H8N2O2. The molecule has 0 spiro atoms. The van der Waals surface area contributed by atoms with Gasteiger partial charge in [0.05, 0.1) is 0 Å². The predicted octanol–water partition coefficient (Wildman–Crippen LogP) is 0.801. The van der Waals surface area contributed by atoms with Crippen LogP contribution in [0.1, 0.15) is 6.92 Å². The Labute approximate surface area is 69.6 Å². The van der Waals surface area contributed by atoms with Gasteiger partial charge in [-0.05, 0) is 19.1 Å². The minimum Gasteiger partial charge on any atom is -0.463 e. The quantitative estimate of drug-likeness (QED) is 0.617. The van der Waals surface area contributed by atoms with E-state index in [1.165, 1.54) is 0 Å². The number of nitrogens with zero attached hydrogens (tertiary/aromatic N) is 1. The summed E-state index contributed by atoms with van der Waals surface area (Å²) in [7, 11) is 0. The molecule has 62 valence electrons. The Bertz CT molecular complexity index is 325. The fourth-order valence-corrected chi connectivity index (χ4v) is 1.04. The average molecular weight is 164 g/mol. The highest BCUT2D eigenvalue weighted by Gasteiger charge is 2.23. The maximum atomic E-state index is 11.1. The highest BCUT2D eigenvalue weighted by molar-refractivity contribution is 5.96. The van der Waals surface area contributed by atoms with Crippen molar-refractivity contribution in [2.45, 2.75) is 13.0 Å². The summed E-state index contributed by atoms with van der Waals surface area (Å²) in [6, 6.07) is 3.50. The Hall–Kier alpha value is -1.58. The van der Waals surface area contributed by atoms with Crippen molar-refractivity contribution >= 4 is 11.6 Å². The minimum atomic E-state index is -0.451. The lowest BCUT2D eigenvalue weighted by Gasteiger charge is -2.21. The summed E-state index contributed by atoms with van der Waals surface area (Å²) < 4.78 is 5.22. The van der Waals surface area contributed by atoms with E-state index in [1.807, 2.05) is 0 Å². The van der Waals surface area contributed by atoms with Crippen LogP contribution >= 0.6 is 0 Å². The van der Waals surface area contributed by atoms with Crippen LogP contribution in [0.4, 0.5) is 5.69 Å².